The predicted molar refractivity (Wildman–Crippen MR) is 75.8 cm³/mol. The summed E-state index contributed by atoms with van der Waals surface area (Å²) in [7, 11) is 0. The number of carbonyl (C=O) groups excluding carboxylic acids is 2. The number of pyridine rings is 1. The lowest BCUT2D eigenvalue weighted by molar-refractivity contribution is -0.129. The molecule has 0 bridgehead atoms. The molecule has 2 heterocycles. The number of aromatic nitrogens is 1. The van der Waals surface area contributed by atoms with E-state index in [0.29, 0.717) is 24.3 Å². The third-order valence-electron chi connectivity index (χ3n) is 3.26. The van der Waals surface area contributed by atoms with Crippen molar-refractivity contribution in [3.05, 3.63) is 24.0 Å². The molecule has 0 aliphatic carbocycles. The van der Waals surface area contributed by atoms with Gasteiger partial charge in [-0.15, -0.1) is 0 Å². The van der Waals surface area contributed by atoms with Gasteiger partial charge in [-0.25, -0.2) is 0 Å². The lowest BCUT2D eigenvalue weighted by atomic mass is 10.2. The van der Waals surface area contributed by atoms with E-state index >= 15 is 0 Å². The first kappa shape index (κ1) is 14.3. The van der Waals surface area contributed by atoms with Gasteiger partial charge in [0, 0.05) is 31.2 Å². The molecule has 0 saturated carbocycles. The summed E-state index contributed by atoms with van der Waals surface area (Å²) in [5.74, 6) is 0.0766. The van der Waals surface area contributed by atoms with Gasteiger partial charge in [0.15, 0.2) is 0 Å². The summed E-state index contributed by atoms with van der Waals surface area (Å²) in [6.07, 6.45) is 3.29. The summed E-state index contributed by atoms with van der Waals surface area (Å²) in [6, 6.07) is 3.41. The number of amides is 2. The van der Waals surface area contributed by atoms with Crippen LogP contribution in [0.4, 0.5) is 5.69 Å². The SMILES string of the molecule is CC(CN1CCCC1=O)NC(=O)Cc1ccc(N)cn1. The van der Waals surface area contributed by atoms with Crippen LogP contribution in [-0.4, -0.2) is 40.8 Å². The second kappa shape index (κ2) is 6.36. The van der Waals surface area contributed by atoms with Gasteiger partial charge in [0.2, 0.25) is 11.8 Å². The second-order valence-corrected chi connectivity index (χ2v) is 5.17. The summed E-state index contributed by atoms with van der Waals surface area (Å²) in [6.45, 7) is 3.26. The van der Waals surface area contributed by atoms with Crippen LogP contribution in [0.2, 0.25) is 0 Å². The maximum atomic E-state index is 11.9. The summed E-state index contributed by atoms with van der Waals surface area (Å²) < 4.78 is 0. The van der Waals surface area contributed by atoms with E-state index in [4.69, 9.17) is 5.73 Å². The van der Waals surface area contributed by atoms with E-state index in [2.05, 4.69) is 10.3 Å². The van der Waals surface area contributed by atoms with Crippen LogP contribution in [0.25, 0.3) is 0 Å². The molecule has 1 saturated heterocycles. The lowest BCUT2D eigenvalue weighted by Crippen LogP contribution is -2.43. The molecule has 1 aliphatic heterocycles. The van der Waals surface area contributed by atoms with Gasteiger partial charge < -0.3 is 16.0 Å². The summed E-state index contributed by atoms with van der Waals surface area (Å²) in [4.78, 5) is 29.3. The molecule has 1 fully saturated rings. The molecular formula is C14H20N4O2. The molecule has 2 rings (SSSR count). The molecule has 2 amide bonds. The highest BCUT2D eigenvalue weighted by molar-refractivity contribution is 5.79. The van der Waals surface area contributed by atoms with E-state index in [1.54, 1.807) is 17.0 Å². The van der Waals surface area contributed by atoms with Crippen LogP contribution in [0.3, 0.4) is 0 Å². The van der Waals surface area contributed by atoms with Crippen molar-refractivity contribution >= 4 is 17.5 Å². The van der Waals surface area contributed by atoms with Gasteiger partial charge in [0.1, 0.15) is 0 Å². The molecule has 1 aliphatic rings. The largest absolute Gasteiger partial charge is 0.397 e. The van der Waals surface area contributed by atoms with Gasteiger partial charge in [-0.2, -0.15) is 0 Å². The number of likely N-dealkylation sites (tertiary alicyclic amines) is 1. The van der Waals surface area contributed by atoms with E-state index in [9.17, 15) is 9.59 Å². The number of nitrogens with zero attached hydrogens (tertiary/aromatic N) is 2. The second-order valence-electron chi connectivity index (χ2n) is 5.17. The molecule has 1 aromatic rings. The lowest BCUT2D eigenvalue weighted by Gasteiger charge is -2.21. The topological polar surface area (TPSA) is 88.3 Å². The molecule has 6 heteroatoms. The standard InChI is InChI=1S/C14H20N4O2/c1-10(9-18-6-2-3-14(18)20)17-13(19)7-12-5-4-11(15)8-16-12/h4-5,8,10H,2-3,6-7,9,15H2,1H3,(H,17,19). The minimum Gasteiger partial charge on any atom is -0.397 e. The first-order valence-electron chi connectivity index (χ1n) is 6.82. The Morgan fingerprint density at radius 1 is 1.55 bits per heavy atom. The highest BCUT2D eigenvalue weighted by Crippen LogP contribution is 2.09. The highest BCUT2D eigenvalue weighted by atomic mass is 16.2. The van der Waals surface area contributed by atoms with Gasteiger partial charge >= 0.3 is 0 Å². The normalized spacial score (nSPS) is 16.2. The molecule has 20 heavy (non-hydrogen) atoms. The van der Waals surface area contributed by atoms with E-state index < -0.39 is 0 Å². The first-order chi connectivity index (χ1) is 9.54. The van der Waals surface area contributed by atoms with Crippen LogP contribution >= 0.6 is 0 Å². The predicted octanol–water partition coefficient (Wildman–Crippen LogP) is 0.333. The van der Waals surface area contributed by atoms with Crippen molar-refractivity contribution in [3.63, 3.8) is 0 Å². The fourth-order valence-corrected chi connectivity index (χ4v) is 2.30. The third-order valence-corrected chi connectivity index (χ3v) is 3.26. The van der Waals surface area contributed by atoms with Crippen molar-refractivity contribution in [1.82, 2.24) is 15.2 Å². The monoisotopic (exact) mass is 276 g/mol. The van der Waals surface area contributed by atoms with E-state index in [1.807, 2.05) is 6.92 Å². The maximum absolute atomic E-state index is 11.9. The van der Waals surface area contributed by atoms with Crippen LogP contribution in [0.1, 0.15) is 25.5 Å². The maximum Gasteiger partial charge on any atom is 0.226 e. The van der Waals surface area contributed by atoms with Crippen LogP contribution in [0.5, 0.6) is 0 Å². The summed E-state index contributed by atoms with van der Waals surface area (Å²) in [5, 5.41) is 2.89. The van der Waals surface area contributed by atoms with Gasteiger partial charge in [-0.3, -0.25) is 14.6 Å². The van der Waals surface area contributed by atoms with Crippen LogP contribution in [-0.2, 0) is 16.0 Å². The molecule has 1 aromatic heterocycles. The molecule has 0 spiro atoms. The van der Waals surface area contributed by atoms with Crippen molar-refractivity contribution in [2.45, 2.75) is 32.2 Å². The minimum absolute atomic E-state index is 0.0571. The van der Waals surface area contributed by atoms with Crippen molar-refractivity contribution in [2.75, 3.05) is 18.8 Å². The van der Waals surface area contributed by atoms with Gasteiger partial charge in [0.05, 0.1) is 18.3 Å². The molecule has 0 aromatic carbocycles. The van der Waals surface area contributed by atoms with E-state index in [0.717, 1.165) is 13.0 Å². The zero-order valence-electron chi connectivity index (χ0n) is 11.6. The number of rotatable bonds is 5. The van der Waals surface area contributed by atoms with Crippen LogP contribution in [0.15, 0.2) is 18.3 Å². The number of nitrogens with two attached hydrogens (primary N) is 1. The van der Waals surface area contributed by atoms with Gasteiger partial charge in [-0.05, 0) is 25.5 Å². The average molecular weight is 276 g/mol. The summed E-state index contributed by atoms with van der Waals surface area (Å²) >= 11 is 0. The third kappa shape index (κ3) is 3.94. The zero-order chi connectivity index (χ0) is 14.5. The van der Waals surface area contributed by atoms with Crippen LogP contribution < -0.4 is 11.1 Å². The first-order valence-corrected chi connectivity index (χ1v) is 6.82. The number of nitrogens with one attached hydrogen (secondary N) is 1. The van der Waals surface area contributed by atoms with E-state index in [1.165, 1.54) is 6.20 Å². The van der Waals surface area contributed by atoms with Gasteiger partial charge in [-0.1, -0.05) is 0 Å². The number of hydrogen-bond acceptors (Lipinski definition) is 4. The molecule has 1 atom stereocenters. The number of anilines is 1. The molecule has 1 unspecified atom stereocenters. The van der Waals surface area contributed by atoms with Crippen molar-refractivity contribution in [2.24, 2.45) is 0 Å². The van der Waals surface area contributed by atoms with Crippen molar-refractivity contribution < 1.29 is 9.59 Å². The Labute approximate surface area is 118 Å². The van der Waals surface area contributed by atoms with Crippen LogP contribution in [0, 0.1) is 0 Å². The fraction of sp³-hybridized carbons (Fsp3) is 0.500. The number of nitrogen functional groups attached to an aromatic ring is 1. The molecule has 3 N–H and O–H groups in total. The molecular weight excluding hydrogens is 256 g/mol. The zero-order valence-corrected chi connectivity index (χ0v) is 11.6. The Kier molecular flexibility index (Phi) is 4.55. The fourth-order valence-electron chi connectivity index (χ4n) is 2.30. The molecule has 0 radical (unpaired) electrons. The Hall–Kier alpha value is -2.11. The Bertz CT molecular complexity index is 486. The minimum atomic E-state index is -0.0959. The smallest absolute Gasteiger partial charge is 0.226 e. The average Bonchev–Trinajstić information content (AvgIpc) is 2.77. The van der Waals surface area contributed by atoms with Crippen molar-refractivity contribution in [1.29, 1.82) is 0 Å². The quantitative estimate of drug-likeness (QED) is 0.811. The molecule has 6 nitrogen and oxygen atoms in total. The number of hydrogen-bond donors (Lipinski definition) is 2. The van der Waals surface area contributed by atoms with E-state index in [-0.39, 0.29) is 24.3 Å². The Morgan fingerprint density at radius 3 is 2.95 bits per heavy atom. The summed E-state index contributed by atoms with van der Waals surface area (Å²) in [5.41, 5.74) is 6.80. The highest BCUT2D eigenvalue weighted by Gasteiger charge is 2.22. The van der Waals surface area contributed by atoms with Crippen molar-refractivity contribution in [3.8, 4) is 0 Å². The van der Waals surface area contributed by atoms with Gasteiger partial charge in [0.25, 0.3) is 0 Å². The Balaban J connectivity index is 1.78. The Morgan fingerprint density at radius 2 is 2.35 bits per heavy atom. The molecule has 108 valence electrons. The number of carbonyl (C=O) groups is 2.